The number of unbranched alkanes of at least 4 members (excludes halogenated alkanes) is 27. The Morgan fingerprint density at radius 1 is 0.478 bits per heavy atom. The number of aliphatic hydroxyl groups excluding tert-OH is 5. The van der Waals surface area contributed by atoms with E-state index in [2.05, 4.69) is 50.3 Å². The molecular formula is C53H97O13P. The lowest BCUT2D eigenvalue weighted by atomic mass is 9.85. The van der Waals surface area contributed by atoms with Crippen molar-refractivity contribution in [3.63, 3.8) is 0 Å². The van der Waals surface area contributed by atoms with Crippen LogP contribution in [0.25, 0.3) is 0 Å². The summed E-state index contributed by atoms with van der Waals surface area (Å²) >= 11 is 0. The minimum absolute atomic E-state index is 0.0872. The summed E-state index contributed by atoms with van der Waals surface area (Å²) in [5.41, 5.74) is 0. The number of phosphoric ester groups is 1. The maximum absolute atomic E-state index is 12.9. The van der Waals surface area contributed by atoms with E-state index in [9.17, 15) is 44.6 Å². The molecule has 0 aromatic carbocycles. The van der Waals surface area contributed by atoms with Gasteiger partial charge in [0.25, 0.3) is 0 Å². The Bertz CT molecular complexity index is 1310. The van der Waals surface area contributed by atoms with Crippen molar-refractivity contribution in [2.24, 2.45) is 0 Å². The predicted molar refractivity (Wildman–Crippen MR) is 267 cm³/mol. The average Bonchev–Trinajstić information content (AvgIpc) is 3.31. The smallest absolute Gasteiger partial charge is 0.462 e. The first-order chi connectivity index (χ1) is 32.4. The van der Waals surface area contributed by atoms with Gasteiger partial charge in [-0.3, -0.25) is 18.6 Å². The van der Waals surface area contributed by atoms with Crippen molar-refractivity contribution in [3.05, 3.63) is 36.5 Å². The number of hydrogen-bond donors (Lipinski definition) is 6. The van der Waals surface area contributed by atoms with Crippen LogP contribution in [0.15, 0.2) is 36.5 Å². The lowest BCUT2D eigenvalue weighted by Crippen LogP contribution is -2.64. The van der Waals surface area contributed by atoms with Crippen molar-refractivity contribution in [1.29, 1.82) is 0 Å². The molecule has 67 heavy (non-hydrogen) atoms. The number of aliphatic hydroxyl groups is 5. The molecule has 392 valence electrons. The lowest BCUT2D eigenvalue weighted by molar-refractivity contribution is -0.220. The SMILES string of the molecule is CC/C=C\C/C=C\C/C=C\CCCCCCCCCC(=O)OC(COC(=O)CCCCCCCCCCCCCCCCCCCCCCC)COP(=O)(O)OC1C(O)C(O)C(O)C(O)C1O. The number of carbonyl (C=O) groups is 2. The van der Waals surface area contributed by atoms with Crippen LogP contribution < -0.4 is 0 Å². The zero-order valence-electron chi connectivity index (χ0n) is 41.9. The highest BCUT2D eigenvalue weighted by Crippen LogP contribution is 2.47. The third-order valence-electron chi connectivity index (χ3n) is 12.5. The zero-order chi connectivity index (χ0) is 49.2. The monoisotopic (exact) mass is 973 g/mol. The van der Waals surface area contributed by atoms with Crippen LogP contribution in [0.5, 0.6) is 0 Å². The number of phosphoric acid groups is 1. The van der Waals surface area contributed by atoms with Crippen LogP contribution in [0, 0.1) is 0 Å². The topological polar surface area (TPSA) is 210 Å². The summed E-state index contributed by atoms with van der Waals surface area (Å²) in [5, 5.41) is 50.3. The van der Waals surface area contributed by atoms with Crippen LogP contribution in [0.4, 0.5) is 0 Å². The van der Waals surface area contributed by atoms with Gasteiger partial charge in [-0.25, -0.2) is 4.57 Å². The quantitative estimate of drug-likeness (QED) is 0.0145. The number of allylic oxidation sites excluding steroid dienone is 6. The molecule has 1 rings (SSSR count). The van der Waals surface area contributed by atoms with Crippen LogP contribution >= 0.6 is 7.82 Å². The average molecular weight is 973 g/mol. The van der Waals surface area contributed by atoms with Crippen molar-refractivity contribution >= 4 is 19.8 Å². The van der Waals surface area contributed by atoms with Crippen molar-refractivity contribution in [2.75, 3.05) is 13.2 Å². The van der Waals surface area contributed by atoms with Crippen LogP contribution in [-0.2, 0) is 32.7 Å². The molecule has 0 saturated heterocycles. The van der Waals surface area contributed by atoms with Gasteiger partial charge >= 0.3 is 19.8 Å². The van der Waals surface area contributed by atoms with E-state index in [1.165, 1.54) is 109 Å². The van der Waals surface area contributed by atoms with Gasteiger partial charge in [0.05, 0.1) is 6.61 Å². The van der Waals surface area contributed by atoms with E-state index in [0.29, 0.717) is 12.8 Å². The number of hydrogen-bond acceptors (Lipinski definition) is 12. The molecule has 14 heteroatoms. The first-order valence-electron chi connectivity index (χ1n) is 26.8. The molecule has 0 heterocycles. The molecule has 6 unspecified atom stereocenters. The first kappa shape index (κ1) is 63.1. The molecule has 0 aliphatic heterocycles. The van der Waals surface area contributed by atoms with E-state index in [0.717, 1.165) is 83.5 Å². The highest BCUT2D eigenvalue weighted by atomic mass is 31.2. The van der Waals surface area contributed by atoms with Gasteiger partial charge in [0.1, 0.15) is 43.2 Å². The van der Waals surface area contributed by atoms with Crippen LogP contribution in [0.2, 0.25) is 0 Å². The van der Waals surface area contributed by atoms with Gasteiger partial charge in [-0.05, 0) is 44.9 Å². The predicted octanol–water partition coefficient (Wildman–Crippen LogP) is 11.7. The third kappa shape index (κ3) is 34.9. The molecule has 0 aromatic heterocycles. The van der Waals surface area contributed by atoms with Gasteiger partial charge in [-0.2, -0.15) is 0 Å². The number of ether oxygens (including phenoxy) is 2. The molecule has 0 aromatic rings. The summed E-state index contributed by atoms with van der Waals surface area (Å²) in [7, 11) is -5.12. The molecule has 1 saturated carbocycles. The highest BCUT2D eigenvalue weighted by Gasteiger charge is 2.51. The van der Waals surface area contributed by atoms with Crippen LogP contribution in [-0.4, -0.2) is 98.3 Å². The minimum Gasteiger partial charge on any atom is -0.462 e. The van der Waals surface area contributed by atoms with Crippen molar-refractivity contribution < 1.29 is 63.1 Å². The normalized spacial score (nSPS) is 21.4. The molecule has 0 amide bonds. The Hall–Kier alpha value is -1.93. The fourth-order valence-corrected chi connectivity index (χ4v) is 9.22. The van der Waals surface area contributed by atoms with Gasteiger partial charge in [-0.1, -0.05) is 211 Å². The van der Waals surface area contributed by atoms with Crippen molar-refractivity contribution in [1.82, 2.24) is 0 Å². The second-order valence-electron chi connectivity index (χ2n) is 18.7. The van der Waals surface area contributed by atoms with Crippen molar-refractivity contribution in [3.8, 4) is 0 Å². The second-order valence-corrected chi connectivity index (χ2v) is 20.1. The molecule has 0 bridgehead atoms. The number of carbonyl (C=O) groups excluding carboxylic acids is 2. The Morgan fingerprint density at radius 3 is 1.30 bits per heavy atom. The molecule has 1 fully saturated rings. The molecule has 13 nitrogen and oxygen atoms in total. The van der Waals surface area contributed by atoms with E-state index in [1.54, 1.807) is 0 Å². The maximum atomic E-state index is 12.9. The standard InChI is InChI=1S/C53H97O13P/c1-3-5-7-9-11-13-15-17-19-21-22-23-24-26-27-29-31-33-35-37-39-41-46(54)63-43-45(44-64-67(61,62)66-53-51(59)49(57)48(56)50(58)52(53)60)65-47(55)42-40-38-36-34-32-30-28-25-20-18-16-14-12-10-8-6-4-2/h6,8,12,14,18,20,45,48-53,56-60H,3-5,7,9-11,13,15-17,19,21-44H2,1-2H3,(H,61,62)/b8-6-,14-12-,20-18-. The van der Waals surface area contributed by atoms with Crippen molar-refractivity contribution in [2.45, 2.75) is 275 Å². The van der Waals surface area contributed by atoms with E-state index in [4.69, 9.17) is 18.5 Å². The van der Waals surface area contributed by atoms with E-state index in [1.807, 2.05) is 0 Å². The largest absolute Gasteiger partial charge is 0.472 e. The molecule has 0 spiro atoms. The minimum atomic E-state index is -5.12. The molecule has 1 aliphatic rings. The number of rotatable bonds is 45. The molecular weight excluding hydrogens is 876 g/mol. The fraction of sp³-hybridized carbons (Fsp3) is 0.849. The summed E-state index contributed by atoms with van der Waals surface area (Å²) in [6, 6.07) is 0. The Balaban J connectivity index is 2.36. The molecule has 0 radical (unpaired) electrons. The van der Waals surface area contributed by atoms with Gasteiger partial charge in [0.15, 0.2) is 6.10 Å². The van der Waals surface area contributed by atoms with Gasteiger partial charge in [0.2, 0.25) is 0 Å². The summed E-state index contributed by atoms with van der Waals surface area (Å²) in [5.74, 6) is -1.10. The summed E-state index contributed by atoms with van der Waals surface area (Å²) in [6.07, 6.45) is 37.6. The Morgan fingerprint density at radius 2 is 0.851 bits per heavy atom. The fourth-order valence-electron chi connectivity index (χ4n) is 8.25. The van der Waals surface area contributed by atoms with Gasteiger partial charge < -0.3 is 39.9 Å². The Labute approximate surface area is 406 Å². The first-order valence-corrected chi connectivity index (χ1v) is 28.3. The van der Waals surface area contributed by atoms with Gasteiger partial charge in [-0.15, -0.1) is 0 Å². The van der Waals surface area contributed by atoms with E-state index >= 15 is 0 Å². The highest BCUT2D eigenvalue weighted by molar-refractivity contribution is 7.47. The van der Waals surface area contributed by atoms with Gasteiger partial charge in [0, 0.05) is 12.8 Å². The zero-order valence-corrected chi connectivity index (χ0v) is 42.8. The van der Waals surface area contributed by atoms with E-state index in [-0.39, 0.29) is 12.8 Å². The number of esters is 2. The second kappa shape index (κ2) is 42.9. The summed E-state index contributed by atoms with van der Waals surface area (Å²) in [6.45, 7) is 3.22. The molecule has 1 aliphatic carbocycles. The molecule has 6 N–H and O–H groups in total. The lowest BCUT2D eigenvalue weighted by Gasteiger charge is -2.41. The van der Waals surface area contributed by atoms with Crippen LogP contribution in [0.1, 0.15) is 232 Å². The Kier molecular flexibility index (Phi) is 40.4. The summed E-state index contributed by atoms with van der Waals surface area (Å²) in [4.78, 5) is 35.9. The maximum Gasteiger partial charge on any atom is 0.472 e. The van der Waals surface area contributed by atoms with E-state index < -0.39 is 75.7 Å². The molecule has 6 atom stereocenters. The third-order valence-corrected chi connectivity index (χ3v) is 13.5. The summed E-state index contributed by atoms with van der Waals surface area (Å²) < 4.78 is 33.7. The van der Waals surface area contributed by atoms with Crippen LogP contribution in [0.3, 0.4) is 0 Å².